The van der Waals surface area contributed by atoms with Gasteiger partial charge in [0.2, 0.25) is 0 Å². The summed E-state index contributed by atoms with van der Waals surface area (Å²) < 4.78 is 27.2. The number of amides is 1. The first-order chi connectivity index (χ1) is 12.0. The molecule has 2 N–H and O–H groups in total. The number of pyridine rings is 1. The predicted octanol–water partition coefficient (Wildman–Crippen LogP) is 3.71. The number of fused-ring (bicyclic) bond motifs is 2. The highest BCUT2D eigenvalue weighted by molar-refractivity contribution is 6.05. The lowest BCUT2D eigenvalue weighted by Gasteiger charge is -2.06. The van der Waals surface area contributed by atoms with Crippen LogP contribution in [0.4, 0.5) is 14.5 Å². The second-order valence-electron chi connectivity index (χ2n) is 5.67. The largest absolute Gasteiger partial charge is 0.337 e. The van der Waals surface area contributed by atoms with E-state index in [0.29, 0.717) is 22.3 Å². The Morgan fingerprint density at radius 3 is 2.84 bits per heavy atom. The van der Waals surface area contributed by atoms with Crippen LogP contribution in [0.25, 0.3) is 16.7 Å². The van der Waals surface area contributed by atoms with Gasteiger partial charge in [0.05, 0.1) is 22.4 Å². The number of benzene rings is 1. The van der Waals surface area contributed by atoms with Gasteiger partial charge in [-0.25, -0.2) is 18.7 Å². The first-order valence-electron chi connectivity index (χ1n) is 7.54. The van der Waals surface area contributed by atoms with E-state index in [4.69, 9.17) is 0 Å². The van der Waals surface area contributed by atoms with Gasteiger partial charge in [-0.2, -0.15) is 0 Å². The number of aromatic amines is 1. The lowest BCUT2D eigenvalue weighted by Crippen LogP contribution is -2.12. The number of carbonyl (C=O) groups is 1. The summed E-state index contributed by atoms with van der Waals surface area (Å²) in [6.45, 7) is 1.89. The van der Waals surface area contributed by atoms with Gasteiger partial charge < -0.3 is 14.7 Å². The van der Waals surface area contributed by atoms with E-state index in [1.807, 2.05) is 17.5 Å². The predicted molar refractivity (Wildman–Crippen MR) is 88.9 cm³/mol. The number of hydrogen-bond donors (Lipinski definition) is 2. The van der Waals surface area contributed by atoms with Crippen LogP contribution < -0.4 is 5.32 Å². The standard InChI is InChI=1S/C17H13F2N5O/c1-9-7-24-8-11(3-5-14(24)20-9)21-17(25)10-2-4-12-13(6-10)23-16(22-12)15(18)19/h2-8,15H,1H3,(H,21,25)(H,22,23). The quantitative estimate of drug-likeness (QED) is 0.596. The minimum Gasteiger partial charge on any atom is -0.337 e. The highest BCUT2D eigenvalue weighted by Crippen LogP contribution is 2.21. The SMILES string of the molecule is Cc1cn2cc(NC(=O)c3ccc4nc(C(F)F)[nH]c4c3)ccc2n1. The molecule has 0 atom stereocenters. The molecule has 0 fully saturated rings. The Kier molecular flexibility index (Phi) is 3.45. The molecule has 0 bridgehead atoms. The molecule has 6 nitrogen and oxygen atoms in total. The Balaban J connectivity index is 1.61. The summed E-state index contributed by atoms with van der Waals surface area (Å²) in [7, 11) is 0. The average Bonchev–Trinajstić information content (AvgIpc) is 3.15. The maximum absolute atomic E-state index is 12.7. The van der Waals surface area contributed by atoms with Crippen molar-refractivity contribution >= 4 is 28.3 Å². The Morgan fingerprint density at radius 2 is 2.04 bits per heavy atom. The normalized spacial score (nSPS) is 11.5. The molecule has 0 saturated heterocycles. The van der Waals surface area contributed by atoms with Crippen LogP contribution in [0.2, 0.25) is 0 Å². The molecular weight excluding hydrogens is 328 g/mol. The molecule has 0 radical (unpaired) electrons. The third-order valence-electron chi connectivity index (χ3n) is 3.80. The number of halogens is 2. The van der Waals surface area contributed by atoms with E-state index >= 15 is 0 Å². The van der Waals surface area contributed by atoms with Crippen LogP contribution >= 0.6 is 0 Å². The van der Waals surface area contributed by atoms with E-state index in [-0.39, 0.29) is 5.91 Å². The second kappa shape index (κ2) is 5.66. The minimum atomic E-state index is -2.69. The van der Waals surface area contributed by atoms with Crippen molar-refractivity contribution in [3.05, 3.63) is 59.8 Å². The zero-order valence-corrected chi connectivity index (χ0v) is 13.1. The third kappa shape index (κ3) is 2.82. The van der Waals surface area contributed by atoms with Crippen molar-refractivity contribution in [3.8, 4) is 0 Å². The summed E-state index contributed by atoms with van der Waals surface area (Å²) in [4.78, 5) is 23.1. The molecule has 4 rings (SSSR count). The van der Waals surface area contributed by atoms with Crippen molar-refractivity contribution in [2.45, 2.75) is 13.3 Å². The molecular formula is C17H13F2N5O. The monoisotopic (exact) mass is 341 g/mol. The van der Waals surface area contributed by atoms with Gasteiger partial charge in [-0.15, -0.1) is 0 Å². The number of H-pyrrole nitrogens is 1. The van der Waals surface area contributed by atoms with Crippen molar-refractivity contribution in [1.82, 2.24) is 19.4 Å². The van der Waals surface area contributed by atoms with E-state index < -0.39 is 12.2 Å². The molecule has 1 amide bonds. The molecule has 0 aliphatic heterocycles. The van der Waals surface area contributed by atoms with E-state index in [1.165, 1.54) is 12.1 Å². The van der Waals surface area contributed by atoms with Gasteiger partial charge in [-0.3, -0.25) is 4.79 Å². The first kappa shape index (κ1) is 15.3. The van der Waals surface area contributed by atoms with Crippen LogP contribution in [-0.2, 0) is 0 Å². The number of anilines is 1. The Morgan fingerprint density at radius 1 is 1.20 bits per heavy atom. The van der Waals surface area contributed by atoms with E-state index in [2.05, 4.69) is 20.3 Å². The molecule has 25 heavy (non-hydrogen) atoms. The molecule has 0 spiro atoms. The summed E-state index contributed by atoms with van der Waals surface area (Å²) >= 11 is 0. The number of aromatic nitrogens is 4. The number of imidazole rings is 2. The summed E-state index contributed by atoms with van der Waals surface area (Å²) in [5.74, 6) is -0.750. The van der Waals surface area contributed by atoms with Gasteiger partial charge in [0.1, 0.15) is 5.65 Å². The van der Waals surface area contributed by atoms with Crippen molar-refractivity contribution in [2.24, 2.45) is 0 Å². The Bertz CT molecular complexity index is 1100. The number of aryl methyl sites for hydroxylation is 1. The molecule has 0 saturated carbocycles. The zero-order valence-electron chi connectivity index (χ0n) is 13.1. The van der Waals surface area contributed by atoms with Crippen LogP contribution in [0.3, 0.4) is 0 Å². The van der Waals surface area contributed by atoms with E-state index in [9.17, 15) is 13.6 Å². The zero-order chi connectivity index (χ0) is 17.6. The van der Waals surface area contributed by atoms with Crippen molar-refractivity contribution < 1.29 is 13.6 Å². The molecule has 0 unspecified atom stereocenters. The number of carbonyl (C=O) groups excluding carboxylic acids is 1. The fourth-order valence-corrected chi connectivity index (χ4v) is 2.67. The number of rotatable bonds is 3. The molecule has 0 aliphatic rings. The number of hydrogen-bond acceptors (Lipinski definition) is 3. The molecule has 1 aromatic carbocycles. The molecule has 3 heterocycles. The minimum absolute atomic E-state index is 0.341. The summed E-state index contributed by atoms with van der Waals surface area (Å²) in [5, 5.41) is 2.78. The maximum atomic E-state index is 12.7. The van der Waals surface area contributed by atoms with Gasteiger partial charge >= 0.3 is 0 Å². The maximum Gasteiger partial charge on any atom is 0.295 e. The fourth-order valence-electron chi connectivity index (χ4n) is 2.67. The summed E-state index contributed by atoms with van der Waals surface area (Å²) in [5.41, 5.74) is 3.40. The summed E-state index contributed by atoms with van der Waals surface area (Å²) in [6, 6.07) is 8.14. The van der Waals surface area contributed by atoms with Crippen LogP contribution in [0.15, 0.2) is 42.7 Å². The first-order valence-corrected chi connectivity index (χ1v) is 7.54. The number of nitrogens with zero attached hydrogens (tertiary/aromatic N) is 3. The van der Waals surface area contributed by atoms with Gasteiger partial charge in [0.25, 0.3) is 12.3 Å². The second-order valence-corrected chi connectivity index (χ2v) is 5.67. The van der Waals surface area contributed by atoms with Crippen LogP contribution in [0, 0.1) is 6.92 Å². The Labute approximate surface area is 140 Å². The molecule has 8 heteroatoms. The van der Waals surface area contributed by atoms with Crippen molar-refractivity contribution in [3.63, 3.8) is 0 Å². The molecule has 0 aliphatic carbocycles. The van der Waals surface area contributed by atoms with E-state index in [0.717, 1.165) is 11.3 Å². The van der Waals surface area contributed by atoms with Gasteiger partial charge in [-0.05, 0) is 37.3 Å². The third-order valence-corrected chi connectivity index (χ3v) is 3.80. The number of nitrogens with one attached hydrogen (secondary N) is 2. The van der Waals surface area contributed by atoms with Gasteiger partial charge in [0.15, 0.2) is 5.82 Å². The molecule has 3 aromatic heterocycles. The van der Waals surface area contributed by atoms with E-state index in [1.54, 1.807) is 24.4 Å². The molecule has 4 aromatic rings. The summed E-state index contributed by atoms with van der Waals surface area (Å²) in [6.07, 6.45) is 0.930. The van der Waals surface area contributed by atoms with Crippen LogP contribution in [0.1, 0.15) is 28.3 Å². The highest BCUT2D eigenvalue weighted by Gasteiger charge is 2.14. The average molecular weight is 341 g/mol. The molecule has 126 valence electrons. The Hall–Kier alpha value is -3.29. The lowest BCUT2D eigenvalue weighted by molar-refractivity contribution is 0.102. The van der Waals surface area contributed by atoms with Gasteiger partial charge in [0, 0.05) is 18.0 Å². The fraction of sp³-hybridized carbons (Fsp3) is 0.118. The topological polar surface area (TPSA) is 75.1 Å². The van der Waals surface area contributed by atoms with Crippen molar-refractivity contribution in [2.75, 3.05) is 5.32 Å². The number of alkyl halides is 2. The van der Waals surface area contributed by atoms with Crippen molar-refractivity contribution in [1.29, 1.82) is 0 Å². The highest BCUT2D eigenvalue weighted by atomic mass is 19.3. The van der Waals surface area contributed by atoms with Gasteiger partial charge in [-0.1, -0.05) is 0 Å². The lowest BCUT2D eigenvalue weighted by atomic mass is 10.2. The van der Waals surface area contributed by atoms with Crippen LogP contribution in [0.5, 0.6) is 0 Å². The smallest absolute Gasteiger partial charge is 0.295 e. The van der Waals surface area contributed by atoms with Crippen LogP contribution in [-0.4, -0.2) is 25.3 Å².